The molecule has 0 unspecified atom stereocenters. The summed E-state index contributed by atoms with van der Waals surface area (Å²) in [4.78, 5) is 4.56. The maximum absolute atomic E-state index is 4.56. The van der Waals surface area contributed by atoms with Crippen LogP contribution in [0.3, 0.4) is 0 Å². The van der Waals surface area contributed by atoms with E-state index in [1.54, 1.807) is 6.21 Å². The molecule has 0 aliphatic rings. The first kappa shape index (κ1) is 9.26. The highest BCUT2D eigenvalue weighted by Gasteiger charge is 1.94. The van der Waals surface area contributed by atoms with Crippen molar-refractivity contribution in [3.63, 3.8) is 0 Å². The summed E-state index contributed by atoms with van der Waals surface area (Å²) in [6.07, 6.45) is 2.52. The number of oxime groups is 1. The minimum absolute atomic E-state index is 0.787. The second-order valence-electron chi connectivity index (χ2n) is 2.27. The van der Waals surface area contributed by atoms with Crippen molar-refractivity contribution in [2.24, 2.45) is 5.16 Å². The Kier molecular flexibility index (Phi) is 3.80. The topological polar surface area (TPSA) is 21.6 Å². The van der Waals surface area contributed by atoms with E-state index in [1.165, 1.54) is 12.7 Å². The van der Waals surface area contributed by atoms with E-state index in [9.17, 15) is 0 Å². The molecule has 0 spiro atoms. The van der Waals surface area contributed by atoms with E-state index < -0.39 is 0 Å². The molecule has 0 aliphatic heterocycles. The predicted octanol–water partition coefficient (Wildman–Crippen LogP) is 2.62. The first-order valence-corrected chi connectivity index (χ1v) is 4.42. The largest absolute Gasteiger partial charge is 0.399 e. The van der Waals surface area contributed by atoms with Gasteiger partial charge in [-0.2, -0.15) is 0 Å². The van der Waals surface area contributed by atoms with E-state index in [2.05, 4.69) is 25.9 Å². The fourth-order valence-corrected chi connectivity index (χ4v) is 1.32. The molecule has 1 aromatic carbocycles. The second-order valence-corrected chi connectivity index (χ2v) is 3.12. The fraction of sp³-hybridized carbons (Fsp3) is 0.222. The first-order valence-electron chi connectivity index (χ1n) is 3.63. The van der Waals surface area contributed by atoms with Crippen molar-refractivity contribution in [2.45, 2.75) is 6.42 Å². The molecule has 1 aromatic rings. The number of rotatable bonds is 3. The molecule has 0 aliphatic carbocycles. The van der Waals surface area contributed by atoms with Gasteiger partial charge in [0.15, 0.2) is 0 Å². The zero-order chi connectivity index (χ0) is 8.81. The van der Waals surface area contributed by atoms with Gasteiger partial charge in [-0.3, -0.25) is 0 Å². The van der Waals surface area contributed by atoms with Crippen LogP contribution < -0.4 is 0 Å². The summed E-state index contributed by atoms with van der Waals surface area (Å²) < 4.78 is 1.10. The van der Waals surface area contributed by atoms with E-state index in [0.29, 0.717) is 0 Å². The van der Waals surface area contributed by atoms with Crippen LogP contribution in [0.25, 0.3) is 0 Å². The molecule has 0 amide bonds. The molecule has 0 N–H and O–H groups in total. The number of halogens is 1. The van der Waals surface area contributed by atoms with Gasteiger partial charge in [0.05, 0.1) is 0 Å². The van der Waals surface area contributed by atoms with Gasteiger partial charge >= 0.3 is 0 Å². The highest BCUT2D eigenvalue weighted by Crippen LogP contribution is 2.15. The molecule has 0 fully saturated rings. The summed E-state index contributed by atoms with van der Waals surface area (Å²) in [5.41, 5.74) is 1.21. The maximum Gasteiger partial charge on any atom is 0.106 e. The van der Waals surface area contributed by atoms with Gasteiger partial charge in [-0.1, -0.05) is 39.3 Å². The summed E-state index contributed by atoms with van der Waals surface area (Å²) in [7, 11) is 1.54. The van der Waals surface area contributed by atoms with Gasteiger partial charge in [-0.15, -0.1) is 0 Å². The lowest BCUT2D eigenvalue weighted by Crippen LogP contribution is -1.87. The molecule has 2 nitrogen and oxygen atoms in total. The number of benzene rings is 1. The Morgan fingerprint density at radius 1 is 1.50 bits per heavy atom. The van der Waals surface area contributed by atoms with Crippen molar-refractivity contribution in [3.05, 3.63) is 34.3 Å². The van der Waals surface area contributed by atoms with Crippen LogP contribution in [0.15, 0.2) is 33.9 Å². The second kappa shape index (κ2) is 4.93. The summed E-state index contributed by atoms with van der Waals surface area (Å²) in [5, 5.41) is 3.66. The maximum atomic E-state index is 4.56. The zero-order valence-electron chi connectivity index (χ0n) is 6.83. The Hall–Kier alpha value is -0.830. The standard InChI is InChI=1S/C9H10BrNO/c1-12-11-7-6-8-4-2-3-5-9(8)10/h2-5,7H,6H2,1H3. The van der Waals surface area contributed by atoms with Crippen molar-refractivity contribution in [1.82, 2.24) is 0 Å². The average Bonchev–Trinajstić information content (AvgIpc) is 2.09. The molecule has 0 saturated carbocycles. The number of hydrogen-bond acceptors (Lipinski definition) is 2. The highest BCUT2D eigenvalue weighted by atomic mass is 79.9. The molecular weight excluding hydrogens is 218 g/mol. The van der Waals surface area contributed by atoms with Crippen molar-refractivity contribution >= 4 is 22.1 Å². The summed E-state index contributed by atoms with van der Waals surface area (Å²) in [6, 6.07) is 8.05. The number of nitrogens with zero attached hydrogens (tertiary/aromatic N) is 1. The van der Waals surface area contributed by atoms with Crippen LogP contribution in [-0.2, 0) is 11.3 Å². The first-order chi connectivity index (χ1) is 5.84. The molecule has 3 heteroatoms. The van der Waals surface area contributed by atoms with E-state index in [0.717, 1.165) is 10.9 Å². The normalized spacial score (nSPS) is 10.5. The molecule has 1 rings (SSSR count). The molecule has 0 aromatic heterocycles. The van der Waals surface area contributed by atoms with Gasteiger partial charge in [0, 0.05) is 17.1 Å². The minimum atomic E-state index is 0.787. The number of hydrogen-bond donors (Lipinski definition) is 0. The smallest absolute Gasteiger partial charge is 0.106 e. The van der Waals surface area contributed by atoms with Gasteiger partial charge in [-0.05, 0) is 11.6 Å². The van der Waals surface area contributed by atoms with E-state index in [-0.39, 0.29) is 0 Å². The zero-order valence-corrected chi connectivity index (χ0v) is 8.41. The molecule has 0 saturated heterocycles. The predicted molar refractivity (Wildman–Crippen MR) is 53.3 cm³/mol. The van der Waals surface area contributed by atoms with Gasteiger partial charge in [-0.25, -0.2) is 0 Å². The third-order valence-electron chi connectivity index (χ3n) is 1.45. The Balaban J connectivity index is 2.63. The minimum Gasteiger partial charge on any atom is -0.399 e. The third kappa shape index (κ3) is 2.66. The lowest BCUT2D eigenvalue weighted by Gasteiger charge is -1.97. The van der Waals surface area contributed by atoms with Crippen LogP contribution in [0.4, 0.5) is 0 Å². The molecule has 0 heterocycles. The van der Waals surface area contributed by atoms with Crippen LogP contribution in [0.5, 0.6) is 0 Å². The molecule has 12 heavy (non-hydrogen) atoms. The molecule has 0 atom stereocenters. The van der Waals surface area contributed by atoms with Gasteiger partial charge < -0.3 is 4.84 Å². The molecule has 0 radical (unpaired) electrons. The van der Waals surface area contributed by atoms with Crippen LogP contribution >= 0.6 is 15.9 Å². The molecule has 64 valence electrons. The highest BCUT2D eigenvalue weighted by molar-refractivity contribution is 9.10. The van der Waals surface area contributed by atoms with Gasteiger partial charge in [0.25, 0.3) is 0 Å². The summed E-state index contributed by atoms with van der Waals surface area (Å²) in [6.45, 7) is 0. The van der Waals surface area contributed by atoms with Crippen LogP contribution in [0.2, 0.25) is 0 Å². The van der Waals surface area contributed by atoms with Crippen LogP contribution in [0, 0.1) is 0 Å². The van der Waals surface area contributed by atoms with Crippen LogP contribution in [0.1, 0.15) is 5.56 Å². The lowest BCUT2D eigenvalue weighted by atomic mass is 10.2. The lowest BCUT2D eigenvalue weighted by molar-refractivity contribution is 0.215. The SMILES string of the molecule is CON=CCc1ccccc1Br. The van der Waals surface area contributed by atoms with E-state index >= 15 is 0 Å². The van der Waals surface area contributed by atoms with E-state index in [1.807, 2.05) is 24.3 Å². The monoisotopic (exact) mass is 227 g/mol. The van der Waals surface area contributed by atoms with Crippen molar-refractivity contribution in [3.8, 4) is 0 Å². The Morgan fingerprint density at radius 2 is 2.25 bits per heavy atom. The van der Waals surface area contributed by atoms with Crippen molar-refractivity contribution < 1.29 is 4.84 Å². The summed E-state index contributed by atoms with van der Waals surface area (Å²) >= 11 is 3.45. The third-order valence-corrected chi connectivity index (χ3v) is 2.22. The summed E-state index contributed by atoms with van der Waals surface area (Å²) in [5.74, 6) is 0. The molecule has 0 bridgehead atoms. The quantitative estimate of drug-likeness (QED) is 0.575. The fourth-order valence-electron chi connectivity index (χ4n) is 0.874. The van der Waals surface area contributed by atoms with E-state index in [4.69, 9.17) is 0 Å². The molecular formula is C9H10BrNO. The van der Waals surface area contributed by atoms with Gasteiger partial charge in [0.1, 0.15) is 7.11 Å². The van der Waals surface area contributed by atoms with Crippen molar-refractivity contribution in [1.29, 1.82) is 0 Å². The van der Waals surface area contributed by atoms with Crippen LogP contribution in [-0.4, -0.2) is 13.3 Å². The average molecular weight is 228 g/mol. The Morgan fingerprint density at radius 3 is 2.92 bits per heavy atom. The van der Waals surface area contributed by atoms with Crippen molar-refractivity contribution in [2.75, 3.05) is 7.11 Å². The van der Waals surface area contributed by atoms with Gasteiger partial charge in [0.2, 0.25) is 0 Å². The Labute approximate surface area is 80.4 Å². The Bertz CT molecular complexity index is 273.